The van der Waals surface area contributed by atoms with Gasteiger partial charge in [-0.3, -0.25) is 9.69 Å². The maximum Gasteiger partial charge on any atom is 0.321 e. The largest absolute Gasteiger partial charge is 0.490 e. The van der Waals surface area contributed by atoms with Gasteiger partial charge in [-0.15, -0.1) is 0 Å². The van der Waals surface area contributed by atoms with E-state index in [1.54, 1.807) is 11.8 Å². The quantitative estimate of drug-likeness (QED) is 0.417. The minimum absolute atomic E-state index is 0.127. The van der Waals surface area contributed by atoms with Crippen molar-refractivity contribution in [3.8, 4) is 34.3 Å². The summed E-state index contributed by atoms with van der Waals surface area (Å²) < 4.78 is 21.8. The lowest BCUT2D eigenvalue weighted by Crippen LogP contribution is -2.39. The van der Waals surface area contributed by atoms with Crippen molar-refractivity contribution in [3.63, 3.8) is 0 Å². The molecule has 4 rings (SSSR count). The van der Waals surface area contributed by atoms with Crippen LogP contribution < -0.4 is 19.7 Å². The maximum absolute atomic E-state index is 12.7. The minimum Gasteiger partial charge on any atom is -0.490 e. The minimum atomic E-state index is -0.337. The number of fused-ring (bicyclic) bond motifs is 1. The molecule has 2 heterocycles. The van der Waals surface area contributed by atoms with Gasteiger partial charge in [0.1, 0.15) is 0 Å². The summed E-state index contributed by atoms with van der Waals surface area (Å²) in [7, 11) is 0. The van der Waals surface area contributed by atoms with Gasteiger partial charge in [0, 0.05) is 29.9 Å². The second kappa shape index (κ2) is 11.6. The topological polar surface area (TPSA) is 116 Å². The lowest BCUT2D eigenvalue weighted by molar-refractivity contribution is -0.142. The Hall–Kier alpha value is -4.08. The van der Waals surface area contributed by atoms with Crippen molar-refractivity contribution in [2.75, 3.05) is 37.8 Å². The fraction of sp³-hybridized carbons (Fsp3) is 0.385. The molecular weight excluding hydrogens is 464 g/mol. The van der Waals surface area contributed by atoms with Gasteiger partial charge in [-0.1, -0.05) is 17.3 Å². The molecule has 0 radical (unpaired) electrons. The number of urea groups is 1. The first-order valence-electron chi connectivity index (χ1n) is 12.1. The number of rotatable bonds is 10. The Labute approximate surface area is 209 Å². The average molecular weight is 495 g/mol. The fourth-order valence-corrected chi connectivity index (χ4v) is 4.09. The van der Waals surface area contributed by atoms with Crippen LogP contribution in [0.3, 0.4) is 0 Å². The third kappa shape index (κ3) is 5.42. The molecule has 1 N–H and O–H groups in total. The first-order valence-corrected chi connectivity index (χ1v) is 12.1. The first-order chi connectivity index (χ1) is 17.5. The van der Waals surface area contributed by atoms with Crippen LogP contribution in [0.15, 0.2) is 40.9 Å². The van der Waals surface area contributed by atoms with Crippen LogP contribution in [0.5, 0.6) is 11.5 Å². The van der Waals surface area contributed by atoms with Gasteiger partial charge in [0.25, 0.3) is 5.89 Å². The Morgan fingerprint density at radius 2 is 1.86 bits per heavy atom. The number of anilines is 1. The van der Waals surface area contributed by atoms with E-state index in [0.717, 1.165) is 22.4 Å². The molecule has 0 saturated carbocycles. The van der Waals surface area contributed by atoms with Crippen LogP contribution in [0.2, 0.25) is 0 Å². The van der Waals surface area contributed by atoms with Gasteiger partial charge in [0.05, 0.1) is 26.2 Å². The second-order valence-electron chi connectivity index (χ2n) is 7.94. The second-order valence-corrected chi connectivity index (χ2v) is 7.94. The van der Waals surface area contributed by atoms with Crippen LogP contribution >= 0.6 is 0 Å². The molecule has 10 heteroatoms. The molecule has 2 amide bonds. The maximum atomic E-state index is 12.7. The molecule has 0 atom stereocenters. The molecule has 0 unspecified atom stereocenters. The molecule has 0 aliphatic carbocycles. The van der Waals surface area contributed by atoms with Crippen molar-refractivity contribution in [2.45, 2.75) is 33.6 Å². The summed E-state index contributed by atoms with van der Waals surface area (Å²) in [4.78, 5) is 30.5. The van der Waals surface area contributed by atoms with Crippen molar-refractivity contribution in [1.82, 2.24) is 15.5 Å². The third-order valence-electron chi connectivity index (χ3n) is 5.64. The summed E-state index contributed by atoms with van der Waals surface area (Å²) in [6.07, 6.45) is 0.779. The summed E-state index contributed by atoms with van der Waals surface area (Å²) in [5, 5.41) is 6.99. The third-order valence-corrected chi connectivity index (χ3v) is 5.64. The van der Waals surface area contributed by atoms with Crippen LogP contribution in [0.1, 0.15) is 32.8 Å². The van der Waals surface area contributed by atoms with Gasteiger partial charge in [-0.25, -0.2) is 4.79 Å². The monoisotopic (exact) mass is 494 g/mol. The van der Waals surface area contributed by atoms with E-state index in [9.17, 15) is 9.59 Å². The Kier molecular flexibility index (Phi) is 8.04. The van der Waals surface area contributed by atoms with Crippen molar-refractivity contribution in [2.24, 2.45) is 0 Å². The Morgan fingerprint density at radius 3 is 2.64 bits per heavy atom. The van der Waals surface area contributed by atoms with Crippen LogP contribution in [0, 0.1) is 0 Å². The van der Waals surface area contributed by atoms with Crippen molar-refractivity contribution >= 4 is 17.7 Å². The predicted molar refractivity (Wildman–Crippen MR) is 133 cm³/mol. The molecule has 2 aromatic carbocycles. The molecule has 3 aromatic rings. The van der Waals surface area contributed by atoms with E-state index < -0.39 is 0 Å². The number of nitrogens with one attached hydrogen (secondary N) is 1. The number of ether oxygens (including phenoxy) is 3. The summed E-state index contributed by atoms with van der Waals surface area (Å²) in [5.74, 6) is 1.73. The highest BCUT2D eigenvalue weighted by atomic mass is 16.5. The van der Waals surface area contributed by atoms with Crippen LogP contribution in [-0.4, -0.2) is 55.1 Å². The van der Waals surface area contributed by atoms with Gasteiger partial charge < -0.3 is 24.1 Å². The smallest absolute Gasteiger partial charge is 0.321 e. The van der Waals surface area contributed by atoms with E-state index in [0.29, 0.717) is 56.0 Å². The van der Waals surface area contributed by atoms with E-state index in [2.05, 4.69) is 15.5 Å². The average Bonchev–Trinajstić information content (AvgIpc) is 3.53. The van der Waals surface area contributed by atoms with E-state index in [-0.39, 0.29) is 25.0 Å². The molecular formula is C26H30N4O6. The highest BCUT2D eigenvalue weighted by Gasteiger charge is 2.28. The predicted octanol–water partition coefficient (Wildman–Crippen LogP) is 4.23. The number of amides is 2. The number of carbonyl (C=O) groups excluding carboxylic acids is 2. The molecule has 0 saturated heterocycles. The van der Waals surface area contributed by atoms with E-state index in [1.165, 1.54) is 0 Å². The van der Waals surface area contributed by atoms with E-state index >= 15 is 0 Å². The lowest BCUT2D eigenvalue weighted by Gasteiger charge is -2.18. The highest BCUT2D eigenvalue weighted by Crippen LogP contribution is 2.37. The Bertz CT molecular complexity index is 1220. The van der Waals surface area contributed by atoms with Crippen LogP contribution in [0.4, 0.5) is 10.5 Å². The number of nitrogens with zero attached hydrogens (tertiary/aromatic N) is 3. The standard InChI is InChI=1S/C26H30N4O6/c1-4-33-21-11-10-17(16-22(21)34-5-2)25-28-24(29-36-25)19-8-7-9-20-18(19)13-15-30(20)26(32)27-14-12-23(31)35-6-3/h7-11,16H,4-6,12-15H2,1-3H3,(H,27,32). The summed E-state index contributed by atoms with van der Waals surface area (Å²) >= 11 is 0. The summed E-state index contributed by atoms with van der Waals surface area (Å²) in [6.45, 7) is 7.65. The van der Waals surface area contributed by atoms with Crippen molar-refractivity contribution in [3.05, 3.63) is 42.0 Å². The molecule has 1 aliphatic heterocycles. The Morgan fingerprint density at radius 1 is 1.06 bits per heavy atom. The molecule has 1 aromatic heterocycles. The van der Waals surface area contributed by atoms with Gasteiger partial charge in [-0.05, 0) is 57.0 Å². The number of esters is 1. The first kappa shape index (κ1) is 25.0. The highest BCUT2D eigenvalue weighted by molar-refractivity contribution is 5.95. The molecule has 0 bridgehead atoms. The number of hydrogen-bond acceptors (Lipinski definition) is 8. The molecule has 1 aliphatic rings. The van der Waals surface area contributed by atoms with E-state index in [4.69, 9.17) is 18.7 Å². The van der Waals surface area contributed by atoms with Crippen LogP contribution in [-0.2, 0) is 16.0 Å². The molecule has 36 heavy (non-hydrogen) atoms. The van der Waals surface area contributed by atoms with Gasteiger partial charge in [0.15, 0.2) is 11.5 Å². The number of benzene rings is 2. The normalized spacial score (nSPS) is 12.2. The summed E-state index contributed by atoms with van der Waals surface area (Å²) in [6, 6.07) is 10.9. The number of carbonyl (C=O) groups is 2. The van der Waals surface area contributed by atoms with Gasteiger partial charge in [-0.2, -0.15) is 4.98 Å². The van der Waals surface area contributed by atoms with E-state index in [1.807, 2.05) is 50.2 Å². The Balaban J connectivity index is 1.52. The summed E-state index contributed by atoms with van der Waals surface area (Å²) in [5.41, 5.74) is 3.27. The fourth-order valence-electron chi connectivity index (χ4n) is 4.09. The number of hydrogen-bond donors (Lipinski definition) is 1. The van der Waals surface area contributed by atoms with Gasteiger partial charge >= 0.3 is 12.0 Å². The SMILES string of the molecule is CCOC(=O)CCNC(=O)N1CCc2c(-c3noc(-c4ccc(OCC)c(OCC)c4)n3)cccc21. The van der Waals surface area contributed by atoms with Crippen LogP contribution in [0.25, 0.3) is 22.8 Å². The van der Waals surface area contributed by atoms with Crippen molar-refractivity contribution < 1.29 is 28.3 Å². The molecule has 0 spiro atoms. The molecule has 0 fully saturated rings. The number of aromatic nitrogens is 2. The zero-order valence-electron chi connectivity index (χ0n) is 20.7. The zero-order chi connectivity index (χ0) is 25.5. The molecule has 10 nitrogen and oxygen atoms in total. The van der Waals surface area contributed by atoms with Crippen molar-refractivity contribution in [1.29, 1.82) is 0 Å². The molecule has 190 valence electrons. The lowest BCUT2D eigenvalue weighted by atomic mass is 10.0. The zero-order valence-corrected chi connectivity index (χ0v) is 20.7. The van der Waals surface area contributed by atoms with Gasteiger partial charge in [0.2, 0.25) is 5.82 Å².